The van der Waals surface area contributed by atoms with Gasteiger partial charge in [0.15, 0.2) is 10.4 Å². The van der Waals surface area contributed by atoms with Gasteiger partial charge in [-0.25, -0.2) is 0 Å². The topological polar surface area (TPSA) is 86.8 Å². The molecule has 2 aromatic carbocycles. The van der Waals surface area contributed by atoms with Gasteiger partial charge in [-0.3, -0.25) is 9.78 Å². The summed E-state index contributed by atoms with van der Waals surface area (Å²) >= 11 is -1.52. The molecule has 8 heteroatoms. The number of aromatic nitrogens is 1. The average Bonchev–Trinajstić information content (AvgIpc) is 2.83. The quantitative estimate of drug-likeness (QED) is 0.356. The van der Waals surface area contributed by atoms with Crippen molar-refractivity contribution in [2.45, 2.75) is 37.8 Å². The number of carbonyl (C=O) groups excluding carboxylic acids is 1. The number of methoxy groups -OCH3 is 1. The molecular formula is C27H31N3O4S. The lowest BCUT2D eigenvalue weighted by molar-refractivity contribution is -0.142. The number of amides is 1. The van der Waals surface area contributed by atoms with E-state index >= 15 is 0 Å². The Kier molecular flexibility index (Phi) is 7.35. The Morgan fingerprint density at radius 2 is 1.91 bits per heavy atom. The van der Waals surface area contributed by atoms with E-state index in [9.17, 15) is 9.35 Å². The van der Waals surface area contributed by atoms with Crippen molar-refractivity contribution >= 4 is 28.2 Å². The smallest absolute Gasteiger partial charge is 0.225 e. The fourth-order valence-electron chi connectivity index (χ4n) is 4.19. The van der Waals surface area contributed by atoms with Gasteiger partial charge in [0, 0.05) is 22.6 Å². The maximum Gasteiger partial charge on any atom is 0.225 e. The molecule has 0 bridgehead atoms. The third kappa shape index (κ3) is 5.29. The fourth-order valence-corrected chi connectivity index (χ4v) is 5.29. The zero-order valence-corrected chi connectivity index (χ0v) is 21.4. The summed E-state index contributed by atoms with van der Waals surface area (Å²) in [5.41, 5.74) is 2.20. The van der Waals surface area contributed by atoms with Crippen LogP contribution in [0.15, 0.2) is 71.8 Å². The first kappa shape index (κ1) is 25.0. The second-order valence-corrected chi connectivity index (χ2v) is 10.3. The maximum absolute atomic E-state index is 13.1. The summed E-state index contributed by atoms with van der Waals surface area (Å²) in [7, 11) is 1.53. The summed E-state index contributed by atoms with van der Waals surface area (Å²) in [6, 6.07) is 17.2. The molecule has 0 saturated carbocycles. The highest BCUT2D eigenvalue weighted by Gasteiger charge is 2.52. The number of benzene rings is 2. The van der Waals surface area contributed by atoms with Gasteiger partial charge < -0.3 is 18.9 Å². The van der Waals surface area contributed by atoms with Crippen LogP contribution in [-0.4, -0.2) is 46.1 Å². The van der Waals surface area contributed by atoms with Crippen molar-refractivity contribution in [3.63, 3.8) is 0 Å². The first-order valence-corrected chi connectivity index (χ1v) is 12.7. The van der Waals surface area contributed by atoms with Crippen molar-refractivity contribution in [3.8, 4) is 5.75 Å². The predicted octanol–water partition coefficient (Wildman–Crippen LogP) is 4.13. The lowest BCUT2D eigenvalue weighted by atomic mass is 9.88. The molecule has 1 unspecified atom stereocenters. The number of carbonyl (C=O) groups is 1. The number of ether oxygens (including phenoxy) is 2. The molecule has 184 valence electrons. The number of rotatable bonds is 9. The van der Waals surface area contributed by atoms with Crippen LogP contribution in [0.5, 0.6) is 5.75 Å². The molecule has 7 nitrogen and oxygen atoms in total. The third-order valence-electron chi connectivity index (χ3n) is 6.16. The minimum Gasteiger partial charge on any atom is -0.593 e. The standard InChI is InChI=1S/C27H31N3O4S/c1-18(2)26(31)30-16-27(17-30,20(4)33-5)29-35(32)23-12-10-22(11-13-23)34-15-21-14-19(3)28-25-9-7-6-8-24(21)25/h6-14,18,29H,4,15-17H2,1-3,5H3. The average molecular weight is 494 g/mol. The lowest BCUT2D eigenvalue weighted by Gasteiger charge is -2.49. The van der Waals surface area contributed by atoms with Crippen LogP contribution < -0.4 is 9.46 Å². The summed E-state index contributed by atoms with van der Waals surface area (Å²) in [5, 5.41) is 1.06. The second kappa shape index (κ2) is 10.3. The largest absolute Gasteiger partial charge is 0.593 e. The van der Waals surface area contributed by atoms with Gasteiger partial charge in [-0.15, -0.1) is 4.72 Å². The van der Waals surface area contributed by atoms with Crippen molar-refractivity contribution in [1.29, 1.82) is 0 Å². The van der Waals surface area contributed by atoms with E-state index in [2.05, 4.69) is 16.3 Å². The number of aryl methyl sites for hydroxylation is 1. The first-order valence-electron chi connectivity index (χ1n) is 11.5. The van der Waals surface area contributed by atoms with Crippen LogP contribution in [0.2, 0.25) is 0 Å². The van der Waals surface area contributed by atoms with Gasteiger partial charge in [0.1, 0.15) is 18.1 Å². The van der Waals surface area contributed by atoms with Crippen LogP contribution in [0.25, 0.3) is 10.9 Å². The Morgan fingerprint density at radius 1 is 1.23 bits per heavy atom. The number of nitrogens with one attached hydrogen (secondary N) is 1. The van der Waals surface area contributed by atoms with Gasteiger partial charge in [-0.1, -0.05) is 38.6 Å². The molecule has 3 aromatic rings. The number of para-hydroxylation sites is 1. The van der Waals surface area contributed by atoms with E-state index in [4.69, 9.17) is 9.47 Å². The Bertz CT molecular complexity index is 1220. The van der Waals surface area contributed by atoms with Crippen molar-refractivity contribution in [3.05, 3.63) is 78.2 Å². The van der Waals surface area contributed by atoms with Gasteiger partial charge in [0.25, 0.3) is 0 Å². The number of nitrogens with zero attached hydrogens (tertiary/aromatic N) is 2. The van der Waals surface area contributed by atoms with E-state index in [0.717, 1.165) is 22.2 Å². The zero-order chi connectivity index (χ0) is 25.2. The molecule has 0 radical (unpaired) electrons. The molecule has 1 atom stereocenters. The monoisotopic (exact) mass is 493 g/mol. The number of hydrogen-bond acceptors (Lipinski definition) is 6. The minimum absolute atomic E-state index is 0.0516. The van der Waals surface area contributed by atoms with E-state index in [0.29, 0.717) is 36.1 Å². The Hall–Kier alpha value is -3.07. The molecule has 1 aliphatic heterocycles. The van der Waals surface area contributed by atoms with Gasteiger partial charge in [0.05, 0.1) is 37.1 Å². The molecular weight excluding hydrogens is 462 g/mol. The number of likely N-dealkylation sites (tertiary alicyclic amines) is 1. The molecule has 4 rings (SSSR count). The first-order chi connectivity index (χ1) is 16.7. The summed E-state index contributed by atoms with van der Waals surface area (Å²) in [5.74, 6) is 1.09. The van der Waals surface area contributed by atoms with E-state index in [1.54, 1.807) is 29.2 Å². The highest BCUT2D eigenvalue weighted by Crippen LogP contribution is 2.32. The van der Waals surface area contributed by atoms with E-state index in [1.165, 1.54) is 7.11 Å². The van der Waals surface area contributed by atoms with Gasteiger partial charge in [0.2, 0.25) is 5.91 Å². The molecule has 1 fully saturated rings. The van der Waals surface area contributed by atoms with E-state index in [-0.39, 0.29) is 11.8 Å². The Labute approximate surface area is 209 Å². The summed E-state index contributed by atoms with van der Waals surface area (Å²) in [6.07, 6.45) is 0. The summed E-state index contributed by atoms with van der Waals surface area (Å²) < 4.78 is 27.6. The van der Waals surface area contributed by atoms with Crippen LogP contribution in [0, 0.1) is 12.8 Å². The molecule has 1 aromatic heterocycles. The van der Waals surface area contributed by atoms with Crippen LogP contribution in [0.3, 0.4) is 0 Å². The van der Waals surface area contributed by atoms with E-state index in [1.807, 2.05) is 51.1 Å². The molecule has 1 amide bonds. The third-order valence-corrected chi connectivity index (χ3v) is 7.43. The van der Waals surface area contributed by atoms with E-state index < -0.39 is 16.9 Å². The number of fused-ring (bicyclic) bond motifs is 1. The highest BCUT2D eigenvalue weighted by atomic mass is 32.2. The lowest BCUT2D eigenvalue weighted by Crippen LogP contribution is -2.72. The van der Waals surface area contributed by atoms with Gasteiger partial charge in [-0.2, -0.15) is 0 Å². The van der Waals surface area contributed by atoms with Crippen molar-refractivity contribution in [2.24, 2.45) is 5.92 Å². The predicted molar refractivity (Wildman–Crippen MR) is 137 cm³/mol. The molecule has 2 heterocycles. The van der Waals surface area contributed by atoms with Crippen molar-refractivity contribution in [2.75, 3.05) is 20.2 Å². The van der Waals surface area contributed by atoms with Crippen molar-refractivity contribution < 1.29 is 18.8 Å². The molecule has 1 saturated heterocycles. The SMILES string of the molecule is C=C(OC)C1(N[S+]([O-])c2ccc(OCc3cc(C)nc4ccccc34)cc2)CN(C(=O)C(C)C)C1. The molecule has 35 heavy (non-hydrogen) atoms. The number of hydrogen-bond donors (Lipinski definition) is 1. The van der Waals surface area contributed by atoms with Gasteiger partial charge in [-0.05, 0) is 43.3 Å². The Balaban J connectivity index is 1.41. The minimum atomic E-state index is -1.52. The Morgan fingerprint density at radius 3 is 2.57 bits per heavy atom. The molecule has 0 aliphatic carbocycles. The normalized spacial score (nSPS) is 15.5. The highest BCUT2D eigenvalue weighted by molar-refractivity contribution is 7.89. The molecule has 0 spiro atoms. The zero-order valence-electron chi connectivity index (χ0n) is 20.5. The molecule has 1 N–H and O–H groups in total. The summed E-state index contributed by atoms with van der Waals surface area (Å²) in [6.45, 7) is 10.8. The second-order valence-electron chi connectivity index (χ2n) is 9.13. The summed E-state index contributed by atoms with van der Waals surface area (Å²) in [4.78, 5) is 19.2. The fraction of sp³-hybridized carbons (Fsp3) is 0.333. The van der Waals surface area contributed by atoms with Crippen LogP contribution in [-0.2, 0) is 27.5 Å². The van der Waals surface area contributed by atoms with Crippen LogP contribution in [0.1, 0.15) is 25.1 Å². The maximum atomic E-state index is 13.1. The van der Waals surface area contributed by atoms with Gasteiger partial charge >= 0.3 is 0 Å². The number of pyridine rings is 1. The van der Waals surface area contributed by atoms with Crippen LogP contribution >= 0.6 is 0 Å². The molecule has 1 aliphatic rings. The van der Waals surface area contributed by atoms with Crippen LogP contribution in [0.4, 0.5) is 0 Å². The van der Waals surface area contributed by atoms with Crippen molar-refractivity contribution in [1.82, 2.24) is 14.6 Å².